The lowest BCUT2D eigenvalue weighted by Crippen LogP contribution is -2.58. The van der Waals surface area contributed by atoms with Crippen molar-refractivity contribution in [2.75, 3.05) is 12.3 Å². The second-order valence-corrected chi connectivity index (χ2v) is 8.56. The minimum Gasteiger partial charge on any atom is -0.481 e. The van der Waals surface area contributed by atoms with Gasteiger partial charge in [0.05, 0.1) is 18.1 Å². The molecule has 2 heterocycles. The molecule has 0 spiro atoms. The van der Waals surface area contributed by atoms with E-state index in [4.69, 9.17) is 16.6 Å². The Hall–Kier alpha value is -1.85. The second-order valence-electron chi connectivity index (χ2n) is 7.21. The fourth-order valence-electron chi connectivity index (χ4n) is 3.60. The summed E-state index contributed by atoms with van der Waals surface area (Å²) in [5, 5.41) is 16.8. The molecule has 0 radical (unpaired) electrons. The average molecular weight is 416 g/mol. The first-order valence-electron chi connectivity index (χ1n) is 9.54. The van der Waals surface area contributed by atoms with Crippen LogP contribution < -0.4 is 27.4 Å². The summed E-state index contributed by atoms with van der Waals surface area (Å²) >= 11 is 1.38. The monoisotopic (exact) mass is 415 g/mol. The van der Waals surface area contributed by atoms with E-state index in [1.165, 1.54) is 11.8 Å². The molecule has 0 saturated carbocycles. The quantitative estimate of drug-likeness (QED) is 0.189. The van der Waals surface area contributed by atoms with Crippen molar-refractivity contribution in [1.82, 2.24) is 16.0 Å². The SMILES string of the molecule is NCCCC[C@H](N)C(=O)NC(=O)[C@@]1(CCCCC(=O)O)SC[C@@H]2NC(=O)N[C@@H]21. The molecule has 10 nitrogen and oxygen atoms in total. The van der Waals surface area contributed by atoms with Crippen molar-refractivity contribution in [3.8, 4) is 0 Å². The number of amides is 4. The van der Waals surface area contributed by atoms with Gasteiger partial charge in [0, 0.05) is 12.2 Å². The lowest BCUT2D eigenvalue weighted by Gasteiger charge is -2.32. The van der Waals surface area contributed by atoms with Crippen molar-refractivity contribution < 1.29 is 24.3 Å². The summed E-state index contributed by atoms with van der Waals surface area (Å²) in [6.07, 6.45) is 3.14. The van der Waals surface area contributed by atoms with Gasteiger partial charge in [0.2, 0.25) is 11.8 Å². The van der Waals surface area contributed by atoms with E-state index in [0.717, 1.165) is 6.42 Å². The van der Waals surface area contributed by atoms with Gasteiger partial charge < -0.3 is 27.2 Å². The molecule has 0 aliphatic carbocycles. The smallest absolute Gasteiger partial charge is 0.315 e. The number of nitrogens with one attached hydrogen (secondary N) is 3. The maximum absolute atomic E-state index is 13.1. The number of imide groups is 1. The van der Waals surface area contributed by atoms with Crippen molar-refractivity contribution in [2.24, 2.45) is 11.5 Å². The molecule has 0 aromatic rings. The average Bonchev–Trinajstić information content (AvgIpc) is 3.17. The fraction of sp³-hybridized carbons (Fsp3) is 0.765. The molecular weight excluding hydrogens is 386 g/mol. The molecule has 11 heteroatoms. The first-order chi connectivity index (χ1) is 13.3. The molecule has 0 aromatic carbocycles. The molecule has 2 fully saturated rings. The van der Waals surface area contributed by atoms with Gasteiger partial charge in [-0.3, -0.25) is 19.7 Å². The van der Waals surface area contributed by atoms with Crippen molar-refractivity contribution in [3.63, 3.8) is 0 Å². The fourth-order valence-corrected chi connectivity index (χ4v) is 5.23. The first kappa shape index (κ1) is 22.4. The van der Waals surface area contributed by atoms with Crippen LogP contribution in [0.15, 0.2) is 0 Å². The van der Waals surface area contributed by atoms with E-state index in [-0.39, 0.29) is 18.5 Å². The van der Waals surface area contributed by atoms with Crippen LogP contribution in [0.2, 0.25) is 0 Å². The molecule has 2 rings (SSSR count). The zero-order valence-electron chi connectivity index (χ0n) is 15.7. The Labute approximate surface area is 167 Å². The number of hydrogen-bond acceptors (Lipinski definition) is 7. The number of carboxylic acid groups (broad SMARTS) is 1. The molecule has 2 aliphatic heterocycles. The van der Waals surface area contributed by atoms with E-state index in [0.29, 0.717) is 44.4 Å². The Kier molecular flexibility index (Phi) is 8.08. The Bertz CT molecular complexity index is 619. The van der Waals surface area contributed by atoms with E-state index in [2.05, 4.69) is 16.0 Å². The van der Waals surface area contributed by atoms with Crippen LogP contribution in [0.1, 0.15) is 44.9 Å². The normalized spacial score (nSPS) is 26.9. The molecule has 0 aromatic heterocycles. The Morgan fingerprint density at radius 2 is 2.00 bits per heavy atom. The molecular formula is C17H29N5O5S. The molecule has 2 aliphatic rings. The van der Waals surface area contributed by atoms with Gasteiger partial charge in [-0.1, -0.05) is 12.8 Å². The van der Waals surface area contributed by atoms with E-state index < -0.39 is 34.6 Å². The minimum atomic E-state index is -1.03. The zero-order valence-corrected chi connectivity index (χ0v) is 16.6. The number of unbranched alkanes of at least 4 members (excludes halogenated alkanes) is 2. The summed E-state index contributed by atoms with van der Waals surface area (Å²) in [4.78, 5) is 47.9. The van der Waals surface area contributed by atoms with E-state index in [9.17, 15) is 19.2 Å². The summed E-state index contributed by atoms with van der Waals surface area (Å²) < 4.78 is -1.03. The molecule has 2 saturated heterocycles. The predicted octanol–water partition coefficient (Wildman–Crippen LogP) is -0.734. The van der Waals surface area contributed by atoms with Crippen LogP contribution in [-0.2, 0) is 14.4 Å². The van der Waals surface area contributed by atoms with Crippen molar-refractivity contribution in [2.45, 2.75) is 67.8 Å². The number of hydrogen-bond donors (Lipinski definition) is 6. The number of carbonyl (C=O) groups is 4. The number of urea groups is 1. The number of carbonyl (C=O) groups excluding carboxylic acids is 3. The van der Waals surface area contributed by atoms with Crippen LogP contribution in [0.25, 0.3) is 0 Å². The summed E-state index contributed by atoms with van der Waals surface area (Å²) in [5.41, 5.74) is 11.3. The standard InChI is InChI=1S/C17H29N5O5S/c18-8-4-2-5-10(19)14(25)22-15(26)17(7-3-1-6-12(23)24)13-11(9-28-17)20-16(27)21-13/h10-11,13H,1-9,18-19H2,(H,23,24)(H2,20,21,27)(H,22,25,26)/t10-,11-,13-,17-/m0/s1. The maximum atomic E-state index is 13.1. The second kappa shape index (κ2) is 10.1. The summed E-state index contributed by atoms with van der Waals surface area (Å²) in [5.74, 6) is -1.39. The summed E-state index contributed by atoms with van der Waals surface area (Å²) in [6.45, 7) is 0.513. The number of carboxylic acids is 1. The third kappa shape index (κ3) is 5.36. The predicted molar refractivity (Wildman–Crippen MR) is 105 cm³/mol. The van der Waals surface area contributed by atoms with E-state index in [1.807, 2.05) is 0 Å². The number of thioether (sulfide) groups is 1. The number of fused-ring (bicyclic) bond motifs is 1. The van der Waals surface area contributed by atoms with Crippen LogP contribution in [0.3, 0.4) is 0 Å². The first-order valence-corrected chi connectivity index (χ1v) is 10.5. The van der Waals surface area contributed by atoms with Crippen LogP contribution in [0.5, 0.6) is 0 Å². The third-order valence-corrected chi connectivity index (χ3v) is 6.83. The Balaban J connectivity index is 2.04. The number of rotatable bonds is 11. The van der Waals surface area contributed by atoms with Gasteiger partial charge in [0.25, 0.3) is 0 Å². The van der Waals surface area contributed by atoms with Gasteiger partial charge in [0.15, 0.2) is 0 Å². The van der Waals surface area contributed by atoms with Crippen LogP contribution in [0, 0.1) is 0 Å². The van der Waals surface area contributed by atoms with Gasteiger partial charge in [-0.15, -0.1) is 11.8 Å². The lowest BCUT2D eigenvalue weighted by molar-refractivity contribution is -0.137. The molecule has 4 atom stereocenters. The summed E-state index contributed by atoms with van der Waals surface area (Å²) in [7, 11) is 0. The lowest BCUT2D eigenvalue weighted by atomic mass is 9.88. The summed E-state index contributed by atoms with van der Waals surface area (Å²) in [6, 6.07) is -1.83. The van der Waals surface area contributed by atoms with Gasteiger partial charge >= 0.3 is 12.0 Å². The highest BCUT2D eigenvalue weighted by atomic mass is 32.2. The number of nitrogens with two attached hydrogens (primary N) is 2. The zero-order chi connectivity index (χ0) is 20.7. The molecule has 8 N–H and O–H groups in total. The highest BCUT2D eigenvalue weighted by Crippen LogP contribution is 2.44. The van der Waals surface area contributed by atoms with Crippen LogP contribution in [-0.4, -0.2) is 64.1 Å². The van der Waals surface area contributed by atoms with Gasteiger partial charge in [0.1, 0.15) is 4.75 Å². The molecule has 0 unspecified atom stereocenters. The van der Waals surface area contributed by atoms with E-state index >= 15 is 0 Å². The van der Waals surface area contributed by atoms with E-state index in [1.54, 1.807) is 0 Å². The molecule has 158 valence electrons. The third-order valence-electron chi connectivity index (χ3n) is 5.14. The van der Waals surface area contributed by atoms with Crippen LogP contribution >= 0.6 is 11.8 Å². The molecule has 4 amide bonds. The largest absolute Gasteiger partial charge is 0.481 e. The van der Waals surface area contributed by atoms with Gasteiger partial charge in [-0.2, -0.15) is 0 Å². The molecule has 0 bridgehead atoms. The van der Waals surface area contributed by atoms with Crippen LogP contribution in [0.4, 0.5) is 4.79 Å². The maximum Gasteiger partial charge on any atom is 0.315 e. The Morgan fingerprint density at radius 1 is 1.25 bits per heavy atom. The van der Waals surface area contributed by atoms with Crippen molar-refractivity contribution in [1.29, 1.82) is 0 Å². The van der Waals surface area contributed by atoms with Gasteiger partial charge in [-0.05, 0) is 32.2 Å². The Morgan fingerprint density at radius 3 is 2.68 bits per heavy atom. The topological polar surface area (TPSA) is 177 Å². The highest BCUT2D eigenvalue weighted by Gasteiger charge is 2.57. The number of aliphatic carboxylic acids is 1. The van der Waals surface area contributed by atoms with Crippen molar-refractivity contribution in [3.05, 3.63) is 0 Å². The van der Waals surface area contributed by atoms with Crippen molar-refractivity contribution >= 4 is 35.6 Å². The highest BCUT2D eigenvalue weighted by molar-refractivity contribution is 8.01. The van der Waals surface area contributed by atoms with Gasteiger partial charge in [-0.25, -0.2) is 4.79 Å². The molecule has 28 heavy (non-hydrogen) atoms. The minimum absolute atomic E-state index is 0.00597.